The van der Waals surface area contributed by atoms with Crippen LogP contribution in [0.2, 0.25) is 0 Å². The average Bonchev–Trinajstić information content (AvgIpc) is 3.59. The minimum atomic E-state index is -1.08. The lowest BCUT2D eigenvalue weighted by Crippen LogP contribution is -2.48. The molecule has 3 amide bonds. The number of amides is 3. The van der Waals surface area contributed by atoms with Crippen molar-refractivity contribution in [2.45, 2.75) is 25.0 Å². The molecule has 2 aromatic carbocycles. The molecule has 2 atom stereocenters. The van der Waals surface area contributed by atoms with Crippen molar-refractivity contribution in [3.63, 3.8) is 0 Å². The van der Waals surface area contributed by atoms with E-state index in [1.54, 1.807) is 53.9 Å². The molecule has 7 nitrogen and oxygen atoms in total. The first kappa shape index (κ1) is 24.6. The number of halogens is 1. The second kappa shape index (κ2) is 11.7. The van der Waals surface area contributed by atoms with Gasteiger partial charge in [-0.3, -0.25) is 19.3 Å². The van der Waals surface area contributed by atoms with Crippen molar-refractivity contribution < 1.29 is 23.5 Å². The summed E-state index contributed by atoms with van der Waals surface area (Å²) < 4.78 is 19.8. The molecule has 2 N–H and O–H groups in total. The van der Waals surface area contributed by atoms with Gasteiger partial charge in [0.05, 0.1) is 17.5 Å². The van der Waals surface area contributed by atoms with Gasteiger partial charge in [-0.1, -0.05) is 42.5 Å². The maximum Gasteiger partial charge on any atom is 0.261 e. The van der Waals surface area contributed by atoms with Gasteiger partial charge in [-0.25, -0.2) is 4.39 Å². The molecule has 0 saturated carbocycles. The second-order valence-corrected chi connectivity index (χ2v) is 9.04. The van der Waals surface area contributed by atoms with E-state index < -0.39 is 29.6 Å². The summed E-state index contributed by atoms with van der Waals surface area (Å²) in [7, 11) is 0. The number of nitrogens with zero attached hydrogens (tertiary/aromatic N) is 1. The molecular weight excluding hydrogens is 469 g/mol. The summed E-state index contributed by atoms with van der Waals surface area (Å²) in [6.45, 7) is 0.596. The number of hydrogen-bond acceptors (Lipinski definition) is 5. The summed E-state index contributed by atoms with van der Waals surface area (Å²) in [6, 6.07) is 16.6. The lowest BCUT2D eigenvalue weighted by molar-refractivity contribution is -0.126. The van der Waals surface area contributed by atoms with E-state index in [4.69, 9.17) is 4.74 Å². The molecular formula is C26H26FN3O4S. The summed E-state index contributed by atoms with van der Waals surface area (Å²) >= 11 is 1.25. The molecule has 1 aliphatic heterocycles. The summed E-state index contributed by atoms with van der Waals surface area (Å²) in [5, 5.41) is 7.26. The topological polar surface area (TPSA) is 87.7 Å². The van der Waals surface area contributed by atoms with E-state index in [0.29, 0.717) is 23.6 Å². The van der Waals surface area contributed by atoms with E-state index in [2.05, 4.69) is 10.6 Å². The van der Waals surface area contributed by atoms with Crippen molar-refractivity contribution in [3.05, 3.63) is 88.4 Å². The lowest BCUT2D eigenvalue weighted by Gasteiger charge is -2.32. The molecule has 0 bridgehead atoms. The van der Waals surface area contributed by atoms with Crippen LogP contribution in [0.3, 0.4) is 0 Å². The van der Waals surface area contributed by atoms with Crippen molar-refractivity contribution in [3.8, 4) is 0 Å². The van der Waals surface area contributed by atoms with Crippen LogP contribution in [0.5, 0.6) is 0 Å². The average molecular weight is 496 g/mol. The first-order valence-electron chi connectivity index (χ1n) is 11.4. The van der Waals surface area contributed by atoms with E-state index in [9.17, 15) is 18.8 Å². The molecule has 1 fully saturated rings. The zero-order chi connectivity index (χ0) is 24.6. The van der Waals surface area contributed by atoms with Crippen LogP contribution in [-0.4, -0.2) is 43.5 Å². The van der Waals surface area contributed by atoms with Crippen LogP contribution in [0.1, 0.15) is 34.1 Å². The summed E-state index contributed by atoms with van der Waals surface area (Å²) in [5.41, 5.74) is 0.765. The minimum Gasteiger partial charge on any atom is -0.376 e. The number of carbonyl (C=O) groups is 3. The highest BCUT2D eigenvalue weighted by atomic mass is 32.1. The van der Waals surface area contributed by atoms with Gasteiger partial charge in [0.1, 0.15) is 11.9 Å². The van der Waals surface area contributed by atoms with E-state index >= 15 is 0 Å². The summed E-state index contributed by atoms with van der Waals surface area (Å²) in [6.07, 6.45) is 1.69. The number of hydrogen-bond donors (Lipinski definition) is 2. The first-order valence-corrected chi connectivity index (χ1v) is 12.2. The molecule has 1 saturated heterocycles. The molecule has 9 heteroatoms. The number of nitrogens with one attached hydrogen (secondary N) is 2. The van der Waals surface area contributed by atoms with Gasteiger partial charge in [0.2, 0.25) is 11.8 Å². The van der Waals surface area contributed by atoms with Gasteiger partial charge < -0.3 is 15.4 Å². The molecule has 0 spiro atoms. The van der Waals surface area contributed by atoms with Gasteiger partial charge >= 0.3 is 0 Å². The SMILES string of the molecule is O=C(NCC(=O)N(c1cccc(F)c1)[C@H](C(=O)NC[C@H]1CCCO1)c1ccccc1)c1cccs1. The molecule has 1 aliphatic rings. The van der Waals surface area contributed by atoms with E-state index in [1.165, 1.54) is 34.4 Å². The van der Waals surface area contributed by atoms with Crippen LogP contribution in [0.15, 0.2) is 72.1 Å². The Bertz CT molecular complexity index is 1150. The zero-order valence-corrected chi connectivity index (χ0v) is 19.8. The maximum absolute atomic E-state index is 14.2. The first-order chi connectivity index (χ1) is 17.0. The Hall–Kier alpha value is -3.56. The normalized spacial score (nSPS) is 15.9. The number of anilines is 1. The molecule has 0 unspecified atom stereocenters. The van der Waals surface area contributed by atoms with Gasteiger partial charge in [-0.15, -0.1) is 11.3 Å². The van der Waals surface area contributed by atoms with Crippen molar-refractivity contribution in [2.75, 3.05) is 24.6 Å². The fraction of sp³-hybridized carbons (Fsp3) is 0.269. The monoisotopic (exact) mass is 495 g/mol. The highest BCUT2D eigenvalue weighted by molar-refractivity contribution is 7.12. The lowest BCUT2D eigenvalue weighted by atomic mass is 10.0. The Balaban J connectivity index is 1.63. The van der Waals surface area contributed by atoms with Crippen LogP contribution in [-0.2, 0) is 14.3 Å². The molecule has 0 radical (unpaired) electrons. The smallest absolute Gasteiger partial charge is 0.261 e. The van der Waals surface area contributed by atoms with Gasteiger partial charge in [0.25, 0.3) is 5.91 Å². The van der Waals surface area contributed by atoms with Gasteiger partial charge in [0.15, 0.2) is 0 Å². The maximum atomic E-state index is 14.2. The van der Waals surface area contributed by atoms with Gasteiger partial charge in [-0.2, -0.15) is 0 Å². The quantitative estimate of drug-likeness (QED) is 0.474. The summed E-state index contributed by atoms with van der Waals surface area (Å²) in [5.74, 6) is -1.92. The van der Waals surface area contributed by atoms with Gasteiger partial charge in [-0.05, 0) is 48.1 Å². The fourth-order valence-corrected chi connectivity index (χ4v) is 4.61. The highest BCUT2D eigenvalue weighted by Crippen LogP contribution is 2.29. The van der Waals surface area contributed by atoms with Gasteiger partial charge in [0, 0.05) is 18.8 Å². The third-order valence-corrected chi connectivity index (χ3v) is 6.52. The molecule has 4 rings (SSSR count). The van der Waals surface area contributed by atoms with E-state index in [0.717, 1.165) is 12.8 Å². The van der Waals surface area contributed by atoms with Crippen LogP contribution in [0.25, 0.3) is 0 Å². The number of ether oxygens (including phenoxy) is 1. The number of rotatable bonds is 9. The largest absolute Gasteiger partial charge is 0.376 e. The van der Waals surface area contributed by atoms with Crippen LogP contribution >= 0.6 is 11.3 Å². The highest BCUT2D eigenvalue weighted by Gasteiger charge is 2.33. The Kier molecular flexibility index (Phi) is 8.23. The van der Waals surface area contributed by atoms with E-state index in [-0.39, 0.29) is 18.3 Å². The van der Waals surface area contributed by atoms with E-state index in [1.807, 2.05) is 0 Å². The number of carbonyl (C=O) groups excluding carboxylic acids is 3. The standard InChI is InChI=1S/C26H26FN3O4S/c27-19-9-4-10-20(15-19)30(23(31)17-29-25(32)22-12-6-14-35-22)24(18-7-2-1-3-8-18)26(33)28-16-21-11-5-13-34-21/h1-4,6-10,12,14-15,21,24H,5,11,13,16-17H2,(H,28,33)(H,29,32)/t21-,24+/m1/s1. The number of thiophene rings is 1. The minimum absolute atomic E-state index is 0.0845. The molecule has 3 aromatic rings. The summed E-state index contributed by atoms with van der Waals surface area (Å²) in [4.78, 5) is 41.1. The van der Waals surface area contributed by atoms with Crippen molar-refractivity contribution in [2.24, 2.45) is 0 Å². The van der Waals surface area contributed by atoms with Crippen LogP contribution in [0.4, 0.5) is 10.1 Å². The third-order valence-electron chi connectivity index (χ3n) is 5.65. The fourth-order valence-electron chi connectivity index (χ4n) is 3.97. The third kappa shape index (κ3) is 6.32. The van der Waals surface area contributed by atoms with Crippen molar-refractivity contribution in [1.82, 2.24) is 10.6 Å². The molecule has 1 aromatic heterocycles. The van der Waals surface area contributed by atoms with Crippen LogP contribution in [0, 0.1) is 5.82 Å². The molecule has 0 aliphatic carbocycles. The second-order valence-electron chi connectivity index (χ2n) is 8.10. The predicted molar refractivity (Wildman–Crippen MR) is 132 cm³/mol. The Labute approximate surface area is 206 Å². The number of benzene rings is 2. The van der Waals surface area contributed by atoms with Crippen molar-refractivity contribution in [1.29, 1.82) is 0 Å². The zero-order valence-electron chi connectivity index (χ0n) is 19.0. The molecule has 182 valence electrons. The van der Waals surface area contributed by atoms with Crippen LogP contribution < -0.4 is 15.5 Å². The Morgan fingerprint density at radius 1 is 1.06 bits per heavy atom. The predicted octanol–water partition coefficient (Wildman–Crippen LogP) is 3.69. The Morgan fingerprint density at radius 3 is 2.57 bits per heavy atom. The molecule has 35 heavy (non-hydrogen) atoms. The molecule has 2 heterocycles. The Morgan fingerprint density at radius 2 is 1.89 bits per heavy atom. The van der Waals surface area contributed by atoms with Crippen molar-refractivity contribution >= 4 is 34.7 Å².